The highest BCUT2D eigenvalue weighted by Gasteiger charge is 2.25. The number of piperazine rings is 1. The van der Waals surface area contributed by atoms with Gasteiger partial charge in [0.15, 0.2) is 17.3 Å². The summed E-state index contributed by atoms with van der Waals surface area (Å²) in [4.78, 5) is 29.5. The van der Waals surface area contributed by atoms with E-state index in [2.05, 4.69) is 10.2 Å². The van der Waals surface area contributed by atoms with Gasteiger partial charge in [-0.2, -0.15) is 0 Å². The van der Waals surface area contributed by atoms with Gasteiger partial charge in [-0.05, 0) is 63.2 Å². The number of furan rings is 1. The molecule has 2 aromatic carbocycles. The van der Waals surface area contributed by atoms with Gasteiger partial charge in [-0.15, -0.1) is 0 Å². The van der Waals surface area contributed by atoms with E-state index in [4.69, 9.17) is 30.2 Å². The zero-order valence-electron chi connectivity index (χ0n) is 21.8. The predicted octanol–water partition coefficient (Wildman–Crippen LogP) is 5.34. The second-order valence-corrected chi connectivity index (χ2v) is 8.88. The Hall–Kier alpha value is -3.85. The van der Waals surface area contributed by atoms with Crippen LogP contribution in [0.5, 0.6) is 17.2 Å². The Bertz CT molecular complexity index is 1230. The van der Waals surface area contributed by atoms with Crippen molar-refractivity contribution in [1.29, 1.82) is 0 Å². The molecule has 2 heterocycles. The zero-order valence-corrected chi connectivity index (χ0v) is 22.5. The second kappa shape index (κ2) is 12.6. The molecule has 1 aliphatic rings. The first kappa shape index (κ1) is 27.2. The molecule has 0 unspecified atom stereocenters. The Morgan fingerprint density at radius 3 is 2.13 bits per heavy atom. The zero-order chi connectivity index (χ0) is 27.1. The number of amides is 2. The van der Waals surface area contributed by atoms with Gasteiger partial charge in [-0.25, -0.2) is 0 Å². The summed E-state index contributed by atoms with van der Waals surface area (Å²) in [5.74, 6) is 1.26. The van der Waals surface area contributed by atoms with E-state index in [9.17, 15) is 9.59 Å². The Kier molecular flexibility index (Phi) is 9.02. The van der Waals surface area contributed by atoms with Gasteiger partial charge in [0.25, 0.3) is 11.8 Å². The fraction of sp³-hybridized carbons (Fsp3) is 0.357. The number of hydrogen-bond donors (Lipinski definition) is 1. The van der Waals surface area contributed by atoms with E-state index < -0.39 is 0 Å². The van der Waals surface area contributed by atoms with Gasteiger partial charge >= 0.3 is 0 Å². The molecular weight excluding hydrogens is 510 g/mol. The van der Waals surface area contributed by atoms with Crippen molar-refractivity contribution in [3.8, 4) is 17.2 Å². The third kappa shape index (κ3) is 6.16. The van der Waals surface area contributed by atoms with Crippen LogP contribution in [0.2, 0.25) is 5.02 Å². The molecular formula is C28H32ClN3O6. The fourth-order valence-electron chi connectivity index (χ4n) is 4.27. The van der Waals surface area contributed by atoms with E-state index in [0.29, 0.717) is 85.3 Å². The van der Waals surface area contributed by atoms with Crippen molar-refractivity contribution in [1.82, 2.24) is 4.90 Å². The Morgan fingerprint density at radius 1 is 0.921 bits per heavy atom. The van der Waals surface area contributed by atoms with Crippen LogP contribution in [0.25, 0.3) is 0 Å². The first-order valence-corrected chi connectivity index (χ1v) is 13.1. The third-order valence-corrected chi connectivity index (χ3v) is 6.32. The standard InChI is InChI=1S/C28H32ClN3O6/c1-4-35-24-16-19(17-25(36-5-2)26(24)37-6-3)27(33)30-20-9-10-22(21(29)18-20)31-11-13-32(14-12-31)28(34)23-8-7-15-38-23/h7-10,15-18H,4-6,11-14H2,1-3H3,(H,30,33). The van der Waals surface area contributed by atoms with Crippen molar-refractivity contribution in [2.45, 2.75) is 20.8 Å². The van der Waals surface area contributed by atoms with Crippen LogP contribution < -0.4 is 24.4 Å². The predicted molar refractivity (Wildman–Crippen MR) is 146 cm³/mol. The number of carbonyl (C=O) groups excluding carboxylic acids is 2. The maximum absolute atomic E-state index is 13.1. The molecule has 0 bridgehead atoms. The van der Waals surface area contributed by atoms with Gasteiger partial charge in [0.1, 0.15) is 0 Å². The summed E-state index contributed by atoms with van der Waals surface area (Å²) < 4.78 is 22.4. The van der Waals surface area contributed by atoms with Crippen LogP contribution in [0, 0.1) is 0 Å². The van der Waals surface area contributed by atoms with Crippen LogP contribution in [0.4, 0.5) is 11.4 Å². The molecule has 0 atom stereocenters. The third-order valence-electron chi connectivity index (χ3n) is 6.02. The lowest BCUT2D eigenvalue weighted by molar-refractivity contribution is 0.0714. The second-order valence-electron chi connectivity index (χ2n) is 8.48. The molecule has 1 aliphatic heterocycles. The van der Waals surface area contributed by atoms with Crippen LogP contribution in [-0.2, 0) is 0 Å². The minimum absolute atomic E-state index is 0.118. The van der Waals surface area contributed by atoms with Crippen LogP contribution >= 0.6 is 11.6 Å². The van der Waals surface area contributed by atoms with Gasteiger partial charge < -0.3 is 33.7 Å². The molecule has 0 saturated carbocycles. The topological polar surface area (TPSA) is 93.5 Å². The molecule has 10 heteroatoms. The number of nitrogens with zero attached hydrogens (tertiary/aromatic N) is 2. The first-order valence-electron chi connectivity index (χ1n) is 12.7. The summed E-state index contributed by atoms with van der Waals surface area (Å²) in [7, 11) is 0. The van der Waals surface area contributed by atoms with Crippen LogP contribution in [-0.4, -0.2) is 62.7 Å². The van der Waals surface area contributed by atoms with Crippen LogP contribution in [0.1, 0.15) is 41.7 Å². The van der Waals surface area contributed by atoms with Gasteiger partial charge in [-0.3, -0.25) is 9.59 Å². The van der Waals surface area contributed by atoms with E-state index in [1.807, 2.05) is 26.8 Å². The summed E-state index contributed by atoms with van der Waals surface area (Å²) in [5.41, 5.74) is 1.77. The van der Waals surface area contributed by atoms with Crippen molar-refractivity contribution >= 4 is 34.8 Å². The Balaban J connectivity index is 1.44. The molecule has 1 aromatic heterocycles. The number of carbonyl (C=O) groups is 2. The van der Waals surface area contributed by atoms with Gasteiger partial charge in [0.2, 0.25) is 5.75 Å². The molecule has 0 spiro atoms. The minimum Gasteiger partial charge on any atom is -0.490 e. The summed E-state index contributed by atoms with van der Waals surface area (Å²) in [5, 5.41) is 3.40. The van der Waals surface area contributed by atoms with E-state index in [1.54, 1.807) is 41.3 Å². The molecule has 9 nitrogen and oxygen atoms in total. The molecule has 1 saturated heterocycles. The number of rotatable bonds is 10. The highest BCUT2D eigenvalue weighted by Crippen LogP contribution is 2.39. The van der Waals surface area contributed by atoms with E-state index >= 15 is 0 Å². The average molecular weight is 542 g/mol. The molecule has 2 amide bonds. The Labute approximate surface area is 227 Å². The molecule has 0 radical (unpaired) electrons. The minimum atomic E-state index is -0.330. The van der Waals surface area contributed by atoms with Crippen molar-refractivity contribution in [2.24, 2.45) is 0 Å². The lowest BCUT2D eigenvalue weighted by Gasteiger charge is -2.36. The molecule has 1 N–H and O–H groups in total. The van der Waals surface area contributed by atoms with Crippen molar-refractivity contribution < 1.29 is 28.2 Å². The molecule has 38 heavy (non-hydrogen) atoms. The maximum Gasteiger partial charge on any atom is 0.289 e. The van der Waals surface area contributed by atoms with E-state index in [0.717, 1.165) is 5.69 Å². The quantitative estimate of drug-likeness (QED) is 0.370. The van der Waals surface area contributed by atoms with Crippen LogP contribution in [0.15, 0.2) is 53.1 Å². The summed E-state index contributed by atoms with van der Waals surface area (Å²) in [6.45, 7) is 9.23. The Morgan fingerprint density at radius 2 is 1.58 bits per heavy atom. The summed E-state index contributed by atoms with van der Waals surface area (Å²) in [6, 6.07) is 12.1. The average Bonchev–Trinajstić information content (AvgIpc) is 3.46. The van der Waals surface area contributed by atoms with E-state index in [-0.39, 0.29) is 11.8 Å². The van der Waals surface area contributed by atoms with Gasteiger partial charge in [0.05, 0.1) is 36.8 Å². The summed E-state index contributed by atoms with van der Waals surface area (Å²) >= 11 is 6.62. The number of benzene rings is 2. The number of halogens is 1. The van der Waals surface area contributed by atoms with Gasteiger partial charge in [-0.1, -0.05) is 11.6 Å². The first-order chi connectivity index (χ1) is 18.4. The van der Waals surface area contributed by atoms with Crippen molar-refractivity contribution in [3.05, 3.63) is 65.1 Å². The van der Waals surface area contributed by atoms with Crippen molar-refractivity contribution in [3.63, 3.8) is 0 Å². The molecule has 1 fully saturated rings. The van der Waals surface area contributed by atoms with Crippen LogP contribution in [0.3, 0.4) is 0 Å². The highest BCUT2D eigenvalue weighted by molar-refractivity contribution is 6.33. The fourth-order valence-corrected chi connectivity index (χ4v) is 4.57. The lowest BCUT2D eigenvalue weighted by Crippen LogP contribution is -2.48. The molecule has 4 rings (SSSR count). The number of ether oxygens (including phenoxy) is 3. The largest absolute Gasteiger partial charge is 0.490 e. The van der Waals surface area contributed by atoms with Gasteiger partial charge in [0, 0.05) is 37.4 Å². The smallest absolute Gasteiger partial charge is 0.289 e. The SMILES string of the molecule is CCOc1cc(C(=O)Nc2ccc(N3CCN(C(=O)c4ccco4)CC3)c(Cl)c2)cc(OCC)c1OCC. The monoisotopic (exact) mass is 541 g/mol. The summed E-state index contributed by atoms with van der Waals surface area (Å²) in [6.07, 6.45) is 1.50. The van der Waals surface area contributed by atoms with Crippen molar-refractivity contribution in [2.75, 3.05) is 56.2 Å². The number of hydrogen-bond acceptors (Lipinski definition) is 7. The maximum atomic E-state index is 13.1. The molecule has 0 aliphatic carbocycles. The molecule has 3 aromatic rings. The van der Waals surface area contributed by atoms with E-state index in [1.165, 1.54) is 6.26 Å². The highest BCUT2D eigenvalue weighted by atomic mass is 35.5. The molecule has 202 valence electrons. The lowest BCUT2D eigenvalue weighted by atomic mass is 10.1. The number of nitrogens with one attached hydrogen (secondary N) is 1. The normalized spacial score (nSPS) is 13.3. The number of anilines is 2.